The third-order valence-electron chi connectivity index (χ3n) is 5.94. The van der Waals surface area contributed by atoms with Crippen molar-refractivity contribution >= 4 is 16.9 Å². The van der Waals surface area contributed by atoms with E-state index >= 15 is 0 Å². The maximum atomic E-state index is 11.1. The van der Waals surface area contributed by atoms with Crippen molar-refractivity contribution in [2.75, 3.05) is 19.7 Å². The molecular formula is C21H26N2O2. The van der Waals surface area contributed by atoms with Crippen molar-refractivity contribution in [3.63, 3.8) is 0 Å². The predicted molar refractivity (Wildman–Crippen MR) is 99.4 cm³/mol. The summed E-state index contributed by atoms with van der Waals surface area (Å²) in [5.41, 5.74) is 4.14. The molecule has 2 aliphatic heterocycles. The summed E-state index contributed by atoms with van der Waals surface area (Å²) in [7, 11) is 0. The fraction of sp³-hybridized carbons (Fsp3) is 0.476. The van der Waals surface area contributed by atoms with Crippen LogP contribution in [0.25, 0.3) is 10.9 Å². The Morgan fingerprint density at radius 3 is 3.08 bits per heavy atom. The van der Waals surface area contributed by atoms with E-state index in [4.69, 9.17) is 4.74 Å². The quantitative estimate of drug-likeness (QED) is 0.680. The van der Waals surface area contributed by atoms with Gasteiger partial charge in [-0.2, -0.15) is 0 Å². The summed E-state index contributed by atoms with van der Waals surface area (Å²) in [6.07, 6.45) is 5.21. The summed E-state index contributed by atoms with van der Waals surface area (Å²) in [4.78, 5) is 17.4. The van der Waals surface area contributed by atoms with Crippen LogP contribution in [0.2, 0.25) is 0 Å². The van der Waals surface area contributed by atoms with Gasteiger partial charge in [0.2, 0.25) is 0 Å². The minimum Gasteiger partial charge on any atom is -0.466 e. The standard InChI is InChI=1S/C21H26N2O2/c1-3-15-13-23-10-8-18-17-6-4-5-7-19(17)22-21(18)20(23)12-16(15)9-11-25-14(2)24/h3-7,15-16,20,22H,1,8-13H2,2H3/t15-,16-,20-/m0/s1. The second-order valence-corrected chi connectivity index (χ2v) is 7.35. The summed E-state index contributed by atoms with van der Waals surface area (Å²) < 4.78 is 5.20. The molecule has 0 unspecified atom stereocenters. The molecule has 3 heterocycles. The monoisotopic (exact) mass is 338 g/mol. The van der Waals surface area contributed by atoms with Gasteiger partial charge in [-0.05, 0) is 42.7 Å². The number of aromatic amines is 1. The van der Waals surface area contributed by atoms with Crippen LogP contribution in [0.5, 0.6) is 0 Å². The van der Waals surface area contributed by atoms with Gasteiger partial charge in [-0.3, -0.25) is 9.69 Å². The minimum absolute atomic E-state index is 0.192. The second-order valence-electron chi connectivity index (χ2n) is 7.35. The number of aromatic nitrogens is 1. The van der Waals surface area contributed by atoms with Crippen LogP contribution in [0.15, 0.2) is 36.9 Å². The summed E-state index contributed by atoms with van der Waals surface area (Å²) in [6, 6.07) is 9.06. The topological polar surface area (TPSA) is 45.3 Å². The Kier molecular flexibility index (Phi) is 4.38. The number of nitrogens with one attached hydrogen (secondary N) is 1. The van der Waals surface area contributed by atoms with Gasteiger partial charge in [0.05, 0.1) is 12.6 Å². The number of fused-ring (bicyclic) bond motifs is 5. The maximum Gasteiger partial charge on any atom is 0.302 e. The molecule has 1 aromatic heterocycles. The molecule has 0 aliphatic carbocycles. The van der Waals surface area contributed by atoms with Crippen LogP contribution in [0, 0.1) is 11.8 Å². The number of piperidine rings is 1. The van der Waals surface area contributed by atoms with Gasteiger partial charge < -0.3 is 9.72 Å². The normalized spacial score (nSPS) is 26.0. The number of esters is 1. The number of hydrogen-bond donors (Lipinski definition) is 1. The van der Waals surface area contributed by atoms with E-state index in [0.717, 1.165) is 32.4 Å². The average Bonchev–Trinajstić information content (AvgIpc) is 3.00. The van der Waals surface area contributed by atoms with Crippen LogP contribution in [0.3, 0.4) is 0 Å². The number of para-hydroxylation sites is 1. The lowest BCUT2D eigenvalue weighted by atomic mass is 9.77. The molecule has 2 aliphatic rings. The molecular weight excluding hydrogens is 312 g/mol. The number of hydrogen-bond acceptors (Lipinski definition) is 3. The zero-order valence-electron chi connectivity index (χ0n) is 14.8. The molecule has 0 spiro atoms. The molecule has 0 bridgehead atoms. The van der Waals surface area contributed by atoms with Crippen molar-refractivity contribution in [1.82, 2.24) is 9.88 Å². The first kappa shape index (κ1) is 16.4. The highest BCUT2D eigenvalue weighted by molar-refractivity contribution is 5.85. The zero-order chi connectivity index (χ0) is 17.4. The first-order chi connectivity index (χ1) is 12.2. The minimum atomic E-state index is -0.192. The van der Waals surface area contributed by atoms with E-state index in [-0.39, 0.29) is 5.97 Å². The van der Waals surface area contributed by atoms with E-state index in [1.807, 2.05) is 0 Å². The van der Waals surface area contributed by atoms with E-state index in [1.165, 1.54) is 29.1 Å². The molecule has 0 amide bonds. The number of ether oxygens (including phenoxy) is 1. The van der Waals surface area contributed by atoms with Crippen molar-refractivity contribution in [2.45, 2.75) is 32.2 Å². The Balaban J connectivity index is 1.59. The van der Waals surface area contributed by atoms with Gasteiger partial charge in [-0.25, -0.2) is 0 Å². The SMILES string of the molecule is C=C[C@H]1CN2CCc3c([nH]c4ccccc34)[C@@H]2C[C@@H]1CCOC(C)=O. The molecule has 1 aromatic carbocycles. The van der Waals surface area contributed by atoms with Gasteiger partial charge in [0.25, 0.3) is 0 Å². The van der Waals surface area contributed by atoms with E-state index in [9.17, 15) is 4.79 Å². The average molecular weight is 338 g/mol. The van der Waals surface area contributed by atoms with E-state index in [0.29, 0.717) is 24.5 Å². The second kappa shape index (κ2) is 6.68. The lowest BCUT2D eigenvalue weighted by molar-refractivity contribution is -0.141. The van der Waals surface area contributed by atoms with Crippen molar-refractivity contribution in [3.05, 3.63) is 48.2 Å². The molecule has 4 heteroatoms. The molecule has 0 saturated carbocycles. The Morgan fingerprint density at radius 2 is 2.28 bits per heavy atom. The third-order valence-corrected chi connectivity index (χ3v) is 5.94. The highest BCUT2D eigenvalue weighted by Gasteiger charge is 2.38. The third kappa shape index (κ3) is 2.99. The first-order valence-electron chi connectivity index (χ1n) is 9.27. The van der Waals surface area contributed by atoms with Crippen molar-refractivity contribution in [1.29, 1.82) is 0 Å². The summed E-state index contributed by atoms with van der Waals surface area (Å²) in [5.74, 6) is 0.788. The van der Waals surface area contributed by atoms with Crippen LogP contribution >= 0.6 is 0 Å². The number of carbonyl (C=O) groups excluding carboxylic acids is 1. The molecule has 132 valence electrons. The van der Waals surface area contributed by atoms with Gasteiger partial charge in [-0.1, -0.05) is 24.3 Å². The lowest BCUT2D eigenvalue weighted by Gasteiger charge is -2.45. The van der Waals surface area contributed by atoms with Gasteiger partial charge in [0.1, 0.15) is 0 Å². The van der Waals surface area contributed by atoms with Crippen LogP contribution < -0.4 is 0 Å². The fourth-order valence-corrected chi connectivity index (χ4v) is 4.69. The van der Waals surface area contributed by atoms with Crippen LogP contribution in [-0.4, -0.2) is 35.5 Å². The Morgan fingerprint density at radius 1 is 1.44 bits per heavy atom. The molecule has 1 N–H and O–H groups in total. The summed E-state index contributed by atoms with van der Waals surface area (Å²) in [5, 5.41) is 1.37. The number of rotatable bonds is 4. The van der Waals surface area contributed by atoms with Crippen molar-refractivity contribution in [3.8, 4) is 0 Å². The lowest BCUT2D eigenvalue weighted by Crippen LogP contribution is -2.45. The number of carbonyl (C=O) groups is 1. The van der Waals surface area contributed by atoms with Crippen molar-refractivity contribution in [2.24, 2.45) is 11.8 Å². The Hall–Kier alpha value is -2.07. The van der Waals surface area contributed by atoms with Gasteiger partial charge in [0.15, 0.2) is 0 Å². The molecule has 25 heavy (non-hydrogen) atoms. The molecule has 3 atom stereocenters. The smallest absolute Gasteiger partial charge is 0.302 e. The molecule has 1 fully saturated rings. The molecule has 0 radical (unpaired) electrons. The first-order valence-corrected chi connectivity index (χ1v) is 9.27. The Labute approximate surface area is 148 Å². The van der Waals surface area contributed by atoms with E-state index < -0.39 is 0 Å². The van der Waals surface area contributed by atoms with Crippen LogP contribution in [0.4, 0.5) is 0 Å². The van der Waals surface area contributed by atoms with Gasteiger partial charge in [-0.15, -0.1) is 6.58 Å². The van der Waals surface area contributed by atoms with Gasteiger partial charge in [0, 0.05) is 36.6 Å². The van der Waals surface area contributed by atoms with E-state index in [2.05, 4.69) is 46.8 Å². The number of H-pyrrole nitrogens is 1. The van der Waals surface area contributed by atoms with Crippen molar-refractivity contribution < 1.29 is 9.53 Å². The Bertz CT molecular complexity index is 794. The molecule has 1 saturated heterocycles. The maximum absolute atomic E-state index is 11.1. The molecule has 4 rings (SSSR count). The summed E-state index contributed by atoms with van der Waals surface area (Å²) in [6.45, 7) is 8.20. The number of benzene rings is 1. The number of nitrogens with zero attached hydrogens (tertiary/aromatic N) is 1. The largest absolute Gasteiger partial charge is 0.466 e. The van der Waals surface area contributed by atoms with Crippen LogP contribution in [-0.2, 0) is 16.0 Å². The highest BCUT2D eigenvalue weighted by Crippen LogP contribution is 2.43. The van der Waals surface area contributed by atoms with Crippen LogP contribution in [0.1, 0.15) is 37.1 Å². The molecule has 2 aromatic rings. The zero-order valence-corrected chi connectivity index (χ0v) is 14.8. The molecule has 4 nitrogen and oxygen atoms in total. The predicted octanol–water partition coefficient (Wildman–Crippen LogP) is 3.84. The van der Waals surface area contributed by atoms with Gasteiger partial charge >= 0.3 is 5.97 Å². The highest BCUT2D eigenvalue weighted by atomic mass is 16.5. The summed E-state index contributed by atoms with van der Waals surface area (Å²) >= 11 is 0. The van der Waals surface area contributed by atoms with E-state index in [1.54, 1.807) is 0 Å². The fourth-order valence-electron chi connectivity index (χ4n) is 4.69.